The largest absolute Gasteiger partial charge is 0.317 e. The van der Waals surface area contributed by atoms with E-state index in [0.717, 1.165) is 0 Å². The fraction of sp³-hybridized carbons (Fsp3) is 0. The first-order valence-electron chi connectivity index (χ1n) is 6.72. The highest BCUT2D eigenvalue weighted by molar-refractivity contribution is 7.89. The number of carbonyl (C=O) groups excluding carboxylic acids is 1. The number of hydrogen-bond acceptors (Lipinski definition) is 4. The maximum Gasteiger partial charge on any atom is 0.272 e. The van der Waals surface area contributed by atoms with E-state index in [1.807, 2.05) is 0 Å². The Kier molecular flexibility index (Phi) is 3.71. The minimum Gasteiger partial charge on any atom is -0.317 e. The summed E-state index contributed by atoms with van der Waals surface area (Å²) in [6, 6.07) is 13.9. The summed E-state index contributed by atoms with van der Waals surface area (Å²) >= 11 is 0. The Morgan fingerprint density at radius 1 is 0.957 bits per heavy atom. The minimum atomic E-state index is -3.81. The monoisotopic (exact) mass is 328 g/mol. The van der Waals surface area contributed by atoms with Crippen LogP contribution in [-0.4, -0.2) is 14.3 Å². The topological polar surface area (TPSA) is 92.3 Å². The minimum absolute atomic E-state index is 0.0685. The molecule has 6 nitrogen and oxygen atoms in total. The van der Waals surface area contributed by atoms with Crippen LogP contribution in [0.15, 0.2) is 70.0 Å². The van der Waals surface area contributed by atoms with Crippen LogP contribution in [0, 0.1) is 0 Å². The molecule has 1 aliphatic heterocycles. The molecule has 2 aromatic carbocycles. The van der Waals surface area contributed by atoms with Gasteiger partial charge in [-0.05, 0) is 29.8 Å². The number of sulfonamides is 1. The van der Waals surface area contributed by atoms with Crippen molar-refractivity contribution in [1.82, 2.24) is 4.72 Å². The molecule has 0 radical (unpaired) electrons. The first-order valence-corrected chi connectivity index (χ1v) is 8.20. The highest BCUT2D eigenvalue weighted by Gasteiger charge is 2.26. The summed E-state index contributed by atoms with van der Waals surface area (Å²) in [5.74, 6) is -0.702. The number of carbonyl (C=O) groups is 1. The molecule has 0 unspecified atom stereocenters. The van der Waals surface area contributed by atoms with Gasteiger partial charge in [-0.15, -0.1) is 0 Å². The van der Waals surface area contributed by atoms with Crippen LogP contribution in [0.3, 0.4) is 0 Å². The Morgan fingerprint density at radius 2 is 1.65 bits per heavy atom. The van der Waals surface area contributed by atoms with Crippen LogP contribution in [0.4, 0.5) is 5.69 Å². The molecule has 23 heavy (non-hydrogen) atoms. The van der Waals surface area contributed by atoms with E-state index in [9.17, 15) is 18.0 Å². The van der Waals surface area contributed by atoms with Gasteiger partial charge in [0.15, 0.2) is 0 Å². The number of nitrogens with one attached hydrogen (secondary N) is 2. The third-order valence-electron chi connectivity index (χ3n) is 3.24. The molecule has 0 saturated carbocycles. The number of rotatable bonds is 2. The van der Waals surface area contributed by atoms with Gasteiger partial charge < -0.3 is 5.32 Å². The van der Waals surface area contributed by atoms with Crippen molar-refractivity contribution in [3.8, 4) is 0 Å². The summed E-state index contributed by atoms with van der Waals surface area (Å²) in [6.45, 7) is 0. The van der Waals surface area contributed by atoms with Crippen molar-refractivity contribution in [2.45, 2.75) is 4.90 Å². The van der Waals surface area contributed by atoms with Gasteiger partial charge in [-0.25, -0.2) is 8.42 Å². The average Bonchev–Trinajstić information content (AvgIpc) is 2.71. The number of amides is 1. The smallest absolute Gasteiger partial charge is 0.272 e. The molecule has 2 N–H and O–H groups in total. The third kappa shape index (κ3) is 3.00. The maximum atomic E-state index is 12.3. The lowest BCUT2D eigenvalue weighted by molar-refractivity contribution is -0.113. The van der Waals surface area contributed by atoms with Gasteiger partial charge in [0.2, 0.25) is 5.43 Å². The lowest BCUT2D eigenvalue weighted by Crippen LogP contribution is -2.34. The Labute approximate surface area is 132 Å². The van der Waals surface area contributed by atoms with Gasteiger partial charge in [0, 0.05) is 0 Å². The van der Waals surface area contributed by atoms with Crippen LogP contribution in [-0.2, 0) is 14.8 Å². The molecule has 0 aromatic heterocycles. The number of fused-ring (bicyclic) bond motifs is 1. The molecule has 0 atom stereocenters. The second-order valence-corrected chi connectivity index (χ2v) is 6.49. The molecule has 0 saturated heterocycles. The van der Waals surface area contributed by atoms with Crippen molar-refractivity contribution < 1.29 is 13.2 Å². The zero-order valence-corrected chi connectivity index (χ0v) is 12.6. The Morgan fingerprint density at radius 3 is 2.48 bits per heavy atom. The first-order chi connectivity index (χ1) is 11.0. The zero-order valence-electron chi connectivity index (χ0n) is 11.8. The summed E-state index contributed by atoms with van der Waals surface area (Å²) in [5.41, 5.74) is -0.0334. The van der Waals surface area contributed by atoms with Gasteiger partial charge in [-0.2, -0.15) is 0 Å². The van der Waals surface area contributed by atoms with Crippen LogP contribution in [0.1, 0.15) is 5.56 Å². The summed E-state index contributed by atoms with van der Waals surface area (Å²) in [5, 5.41) is 2.42. The van der Waals surface area contributed by atoms with Crippen molar-refractivity contribution >= 4 is 27.7 Å². The fourth-order valence-electron chi connectivity index (χ4n) is 2.16. The van der Waals surface area contributed by atoms with Crippen LogP contribution in [0.5, 0.6) is 0 Å². The molecule has 0 aliphatic carbocycles. The van der Waals surface area contributed by atoms with Crippen molar-refractivity contribution in [3.63, 3.8) is 0 Å². The van der Waals surface area contributed by atoms with Gasteiger partial charge in [-0.3, -0.25) is 14.3 Å². The van der Waals surface area contributed by atoms with Gasteiger partial charge in [0.1, 0.15) is 5.70 Å². The molecule has 2 aromatic rings. The lowest BCUT2D eigenvalue weighted by Gasteiger charge is -2.18. The molecule has 0 fully saturated rings. The molecule has 7 heteroatoms. The summed E-state index contributed by atoms with van der Waals surface area (Å²) in [6.07, 6.45) is 1.43. The second kappa shape index (κ2) is 5.69. The van der Waals surface area contributed by atoms with Crippen molar-refractivity contribution in [3.05, 3.63) is 76.1 Å². The summed E-state index contributed by atoms with van der Waals surface area (Å²) in [7, 11) is -3.81. The highest BCUT2D eigenvalue weighted by atomic mass is 32.2. The van der Waals surface area contributed by atoms with Crippen LogP contribution < -0.4 is 15.5 Å². The number of benzene rings is 1. The van der Waals surface area contributed by atoms with E-state index in [4.69, 9.17) is 0 Å². The first kappa shape index (κ1) is 15.0. The van der Waals surface area contributed by atoms with E-state index < -0.39 is 15.9 Å². The Bertz CT molecular complexity index is 981. The maximum absolute atomic E-state index is 12.3. The second-order valence-electron chi connectivity index (χ2n) is 4.84. The average molecular weight is 328 g/mol. The van der Waals surface area contributed by atoms with Crippen LogP contribution in [0.25, 0.3) is 6.08 Å². The molecular formula is C16H12N2O4S. The predicted molar refractivity (Wildman–Crippen MR) is 86.1 cm³/mol. The molecule has 0 spiro atoms. The molecule has 1 amide bonds. The molecule has 3 rings (SSSR count). The van der Waals surface area contributed by atoms with E-state index in [2.05, 4.69) is 10.0 Å². The molecule has 1 heterocycles. The number of anilines is 1. The SMILES string of the molecule is O=C(Nc1cccccc1=O)C1=Cc2ccccc2S(=O)(=O)N1. The molecule has 0 bridgehead atoms. The Hall–Kier alpha value is -2.93. The van der Waals surface area contributed by atoms with Crippen molar-refractivity contribution in [1.29, 1.82) is 0 Å². The fourth-order valence-corrected chi connectivity index (χ4v) is 3.41. The van der Waals surface area contributed by atoms with Crippen molar-refractivity contribution in [2.24, 2.45) is 0 Å². The van der Waals surface area contributed by atoms with E-state index in [-0.39, 0.29) is 21.7 Å². The summed E-state index contributed by atoms with van der Waals surface area (Å²) < 4.78 is 26.5. The predicted octanol–water partition coefficient (Wildman–Crippen LogP) is 1.32. The van der Waals surface area contributed by atoms with E-state index in [1.54, 1.807) is 36.4 Å². The van der Waals surface area contributed by atoms with Crippen LogP contribution in [0.2, 0.25) is 0 Å². The van der Waals surface area contributed by atoms with Gasteiger partial charge in [0.25, 0.3) is 15.9 Å². The third-order valence-corrected chi connectivity index (χ3v) is 4.68. The van der Waals surface area contributed by atoms with Gasteiger partial charge in [0.05, 0.1) is 10.6 Å². The van der Waals surface area contributed by atoms with Gasteiger partial charge >= 0.3 is 0 Å². The quantitative estimate of drug-likeness (QED) is 0.869. The van der Waals surface area contributed by atoms with E-state index in [0.29, 0.717) is 5.56 Å². The van der Waals surface area contributed by atoms with Crippen molar-refractivity contribution in [2.75, 3.05) is 5.32 Å². The van der Waals surface area contributed by atoms with Crippen LogP contribution >= 0.6 is 0 Å². The molecule has 116 valence electrons. The zero-order chi connectivity index (χ0) is 16.4. The van der Waals surface area contributed by atoms with E-state index in [1.165, 1.54) is 24.3 Å². The Balaban J connectivity index is 1.97. The van der Waals surface area contributed by atoms with E-state index >= 15 is 0 Å². The molecule has 1 aliphatic rings. The molecular weight excluding hydrogens is 316 g/mol. The standard InChI is InChI=1S/C16H12N2O4S/c19-14-8-3-1-2-7-12(14)17-16(20)13-10-11-6-4-5-9-15(11)23(21,22)18-13/h1-10,18H,(H,17,19,20). The highest BCUT2D eigenvalue weighted by Crippen LogP contribution is 2.23. The van der Waals surface area contributed by atoms with Gasteiger partial charge in [-0.1, -0.05) is 36.4 Å². The number of hydrogen-bond donors (Lipinski definition) is 2. The lowest BCUT2D eigenvalue weighted by atomic mass is 10.2. The summed E-state index contributed by atoms with van der Waals surface area (Å²) in [4.78, 5) is 24.2. The normalized spacial score (nSPS) is 14.9.